The van der Waals surface area contributed by atoms with E-state index in [4.69, 9.17) is 9.52 Å². The monoisotopic (exact) mass is 334 g/mol. The molecule has 1 heterocycles. The third kappa shape index (κ3) is 3.83. The first-order chi connectivity index (χ1) is 11.3. The molecule has 2 amide bonds. The van der Waals surface area contributed by atoms with Gasteiger partial charge in [-0.25, -0.2) is 9.59 Å². The lowest BCUT2D eigenvalue weighted by molar-refractivity contribution is -0.141. The average molecular weight is 334 g/mol. The van der Waals surface area contributed by atoms with Gasteiger partial charge in [0.25, 0.3) is 0 Å². The first-order valence-electron chi connectivity index (χ1n) is 7.18. The number of anilines is 1. The zero-order chi connectivity index (χ0) is 17.9. The van der Waals surface area contributed by atoms with Crippen molar-refractivity contribution in [2.45, 2.75) is 6.92 Å². The summed E-state index contributed by atoms with van der Waals surface area (Å²) in [4.78, 5) is 35.7. The van der Waals surface area contributed by atoms with Crippen LogP contribution in [0.1, 0.15) is 17.5 Å². The highest BCUT2D eigenvalue weighted by Crippen LogP contribution is 2.23. The molecule has 1 aromatic heterocycles. The molecule has 0 aliphatic carbocycles. The second-order valence-electron chi connectivity index (χ2n) is 5.40. The number of urea groups is 1. The minimum Gasteiger partial charge on any atom is -0.481 e. The van der Waals surface area contributed by atoms with Gasteiger partial charge in [0, 0.05) is 24.7 Å². The largest absolute Gasteiger partial charge is 0.481 e. The molecule has 1 unspecified atom stereocenters. The molecule has 0 radical (unpaired) electrons. The van der Waals surface area contributed by atoms with Crippen molar-refractivity contribution in [1.82, 2.24) is 4.90 Å². The van der Waals surface area contributed by atoms with Crippen LogP contribution < -0.4 is 5.32 Å². The molecular formula is C16H18N2O6. The van der Waals surface area contributed by atoms with Crippen molar-refractivity contribution in [2.24, 2.45) is 5.92 Å². The second kappa shape index (κ2) is 7.03. The van der Waals surface area contributed by atoms with Crippen LogP contribution in [0.3, 0.4) is 0 Å². The van der Waals surface area contributed by atoms with Gasteiger partial charge in [0.15, 0.2) is 0 Å². The van der Waals surface area contributed by atoms with Crippen molar-refractivity contribution in [1.29, 1.82) is 0 Å². The molecule has 0 bridgehead atoms. The van der Waals surface area contributed by atoms with Crippen molar-refractivity contribution in [2.75, 3.05) is 26.0 Å². The van der Waals surface area contributed by atoms with Crippen molar-refractivity contribution >= 4 is 34.6 Å². The Morgan fingerprint density at radius 3 is 2.67 bits per heavy atom. The van der Waals surface area contributed by atoms with Crippen LogP contribution in [0.15, 0.2) is 28.7 Å². The molecule has 24 heavy (non-hydrogen) atoms. The van der Waals surface area contributed by atoms with Crippen molar-refractivity contribution in [3.63, 3.8) is 0 Å². The molecule has 2 rings (SSSR count). The Hall–Kier alpha value is -3.03. The highest BCUT2D eigenvalue weighted by Gasteiger charge is 2.18. The summed E-state index contributed by atoms with van der Waals surface area (Å²) >= 11 is 0. The highest BCUT2D eigenvalue weighted by molar-refractivity contribution is 5.96. The number of nitrogens with zero attached hydrogens (tertiary/aromatic N) is 1. The Morgan fingerprint density at radius 2 is 2.04 bits per heavy atom. The number of rotatable bonds is 5. The number of hydrogen-bond donors (Lipinski definition) is 2. The smallest absolute Gasteiger partial charge is 0.373 e. The number of carbonyl (C=O) groups excluding carboxylic acids is 2. The molecule has 0 saturated carbocycles. The topological polar surface area (TPSA) is 109 Å². The lowest BCUT2D eigenvalue weighted by Crippen LogP contribution is -2.36. The van der Waals surface area contributed by atoms with E-state index in [2.05, 4.69) is 10.1 Å². The molecule has 0 saturated heterocycles. The van der Waals surface area contributed by atoms with Crippen molar-refractivity contribution in [3.8, 4) is 0 Å². The minimum absolute atomic E-state index is 0.0726. The number of methoxy groups -OCH3 is 1. The van der Waals surface area contributed by atoms with Gasteiger partial charge in [0.05, 0.1) is 13.0 Å². The molecule has 8 heteroatoms. The summed E-state index contributed by atoms with van der Waals surface area (Å²) in [5, 5.41) is 12.2. The van der Waals surface area contributed by atoms with Gasteiger partial charge in [-0.15, -0.1) is 0 Å². The molecule has 1 atom stereocenters. The number of nitrogens with one attached hydrogen (secondary N) is 1. The van der Waals surface area contributed by atoms with Crippen LogP contribution >= 0.6 is 0 Å². The van der Waals surface area contributed by atoms with Gasteiger partial charge in [-0.2, -0.15) is 0 Å². The normalized spacial score (nSPS) is 11.8. The summed E-state index contributed by atoms with van der Waals surface area (Å²) < 4.78 is 9.94. The summed E-state index contributed by atoms with van der Waals surface area (Å²) in [6, 6.07) is 5.99. The fraction of sp³-hybridized carbons (Fsp3) is 0.312. The fourth-order valence-electron chi connectivity index (χ4n) is 2.11. The number of benzene rings is 1. The summed E-state index contributed by atoms with van der Waals surface area (Å²) in [6.07, 6.45) is 0. The zero-order valence-corrected chi connectivity index (χ0v) is 13.5. The molecule has 0 aliphatic rings. The second-order valence-corrected chi connectivity index (χ2v) is 5.40. The van der Waals surface area contributed by atoms with E-state index in [0.29, 0.717) is 16.7 Å². The number of ether oxygens (including phenoxy) is 1. The number of fused-ring (bicyclic) bond motifs is 1. The molecule has 0 spiro atoms. The zero-order valence-electron chi connectivity index (χ0n) is 13.5. The summed E-state index contributed by atoms with van der Waals surface area (Å²) in [5.74, 6) is -2.15. The summed E-state index contributed by atoms with van der Waals surface area (Å²) in [5.41, 5.74) is 0.987. The predicted octanol–water partition coefficient (Wildman–Crippen LogP) is 2.40. The van der Waals surface area contributed by atoms with Crippen molar-refractivity contribution < 1.29 is 28.6 Å². The van der Waals surface area contributed by atoms with Gasteiger partial charge in [-0.05, 0) is 24.3 Å². The predicted molar refractivity (Wildman–Crippen MR) is 86.0 cm³/mol. The van der Waals surface area contributed by atoms with Crippen LogP contribution in [0, 0.1) is 5.92 Å². The van der Waals surface area contributed by atoms with E-state index in [1.54, 1.807) is 18.2 Å². The minimum atomic E-state index is -0.968. The number of aliphatic carboxylic acids is 1. The lowest BCUT2D eigenvalue weighted by Gasteiger charge is -2.20. The highest BCUT2D eigenvalue weighted by atomic mass is 16.5. The molecule has 8 nitrogen and oxygen atoms in total. The third-order valence-electron chi connectivity index (χ3n) is 3.47. The standard InChI is InChI=1S/C16H18N2O6/c1-9(14(19)20)8-18(2)16(22)17-11-4-5-12-10(6-11)7-13(24-12)15(21)23-3/h4-7,9H,8H2,1-3H3,(H,17,22)(H,19,20). The average Bonchev–Trinajstić information content (AvgIpc) is 2.96. The van der Waals surface area contributed by atoms with Gasteiger partial charge in [-0.1, -0.05) is 6.92 Å². The fourth-order valence-corrected chi connectivity index (χ4v) is 2.11. The van der Waals surface area contributed by atoms with Crippen LogP contribution in [-0.2, 0) is 9.53 Å². The molecule has 128 valence electrons. The van der Waals surface area contributed by atoms with E-state index in [1.165, 1.54) is 32.0 Å². The maximum atomic E-state index is 12.1. The van der Waals surface area contributed by atoms with E-state index >= 15 is 0 Å². The van der Waals surface area contributed by atoms with E-state index in [-0.39, 0.29) is 12.3 Å². The van der Waals surface area contributed by atoms with E-state index in [0.717, 1.165) is 0 Å². The van der Waals surface area contributed by atoms with Crippen LogP contribution in [0.2, 0.25) is 0 Å². The Morgan fingerprint density at radius 1 is 1.33 bits per heavy atom. The number of carboxylic acids is 1. The molecule has 2 aromatic rings. The summed E-state index contributed by atoms with van der Waals surface area (Å²) in [7, 11) is 2.77. The van der Waals surface area contributed by atoms with E-state index in [9.17, 15) is 14.4 Å². The number of amides is 2. The number of carbonyl (C=O) groups is 3. The number of esters is 1. The van der Waals surface area contributed by atoms with Crippen LogP contribution in [0.4, 0.5) is 10.5 Å². The maximum Gasteiger partial charge on any atom is 0.373 e. The Balaban J connectivity index is 2.10. The van der Waals surface area contributed by atoms with Gasteiger partial charge in [0.1, 0.15) is 5.58 Å². The van der Waals surface area contributed by atoms with E-state index in [1.807, 2.05) is 0 Å². The Bertz CT molecular complexity index is 782. The van der Waals surface area contributed by atoms with E-state index < -0.39 is 23.9 Å². The van der Waals surface area contributed by atoms with Crippen LogP contribution in [0.25, 0.3) is 11.0 Å². The maximum absolute atomic E-state index is 12.1. The molecule has 2 N–H and O–H groups in total. The van der Waals surface area contributed by atoms with Gasteiger partial charge in [0.2, 0.25) is 5.76 Å². The Labute approximate surface area is 138 Å². The number of hydrogen-bond acceptors (Lipinski definition) is 5. The molecule has 0 aliphatic heterocycles. The summed E-state index contributed by atoms with van der Waals surface area (Å²) in [6.45, 7) is 1.61. The van der Waals surface area contributed by atoms with Gasteiger partial charge in [-0.3, -0.25) is 4.79 Å². The first-order valence-corrected chi connectivity index (χ1v) is 7.18. The van der Waals surface area contributed by atoms with Crippen LogP contribution in [0.5, 0.6) is 0 Å². The van der Waals surface area contributed by atoms with Gasteiger partial charge < -0.3 is 24.5 Å². The molecule has 1 aromatic carbocycles. The first kappa shape index (κ1) is 17.3. The number of furan rings is 1. The Kier molecular flexibility index (Phi) is 5.08. The molecule has 0 fully saturated rings. The van der Waals surface area contributed by atoms with Gasteiger partial charge >= 0.3 is 18.0 Å². The molecular weight excluding hydrogens is 316 g/mol. The SMILES string of the molecule is COC(=O)c1cc2cc(NC(=O)N(C)CC(C)C(=O)O)ccc2o1. The third-order valence-corrected chi connectivity index (χ3v) is 3.47. The van der Waals surface area contributed by atoms with Crippen LogP contribution in [-0.4, -0.2) is 48.7 Å². The quantitative estimate of drug-likeness (QED) is 0.813. The lowest BCUT2D eigenvalue weighted by atomic mass is 10.2. The number of carboxylic acid groups (broad SMARTS) is 1. The van der Waals surface area contributed by atoms with Crippen molar-refractivity contribution in [3.05, 3.63) is 30.0 Å².